The smallest absolute Gasteiger partial charge is 0.257 e. The molecule has 0 spiro atoms. The number of benzene rings is 1. The summed E-state index contributed by atoms with van der Waals surface area (Å²) in [5.74, 6) is 0.986. The summed E-state index contributed by atoms with van der Waals surface area (Å²) in [6.45, 7) is -0.126. The van der Waals surface area contributed by atoms with Crippen molar-refractivity contribution in [1.82, 2.24) is 4.98 Å². The molecule has 22 heavy (non-hydrogen) atoms. The first-order chi connectivity index (χ1) is 10.8. The maximum atomic E-state index is 12.0. The van der Waals surface area contributed by atoms with E-state index in [2.05, 4.69) is 10.3 Å². The summed E-state index contributed by atoms with van der Waals surface area (Å²) in [6, 6.07) is 14.2. The molecule has 5 heteroatoms. The van der Waals surface area contributed by atoms with Crippen LogP contribution in [0, 0.1) is 0 Å². The Bertz CT molecular complexity index is 764. The molecule has 0 atom stereocenters. The number of carbonyl (C=O) groups is 1. The number of rotatable bonds is 4. The van der Waals surface area contributed by atoms with Gasteiger partial charge < -0.3 is 14.8 Å². The first-order valence-corrected chi connectivity index (χ1v) is 6.77. The molecule has 1 amide bonds. The lowest BCUT2D eigenvalue weighted by Gasteiger charge is -2.05. The van der Waals surface area contributed by atoms with E-state index in [1.165, 1.54) is 6.20 Å². The Morgan fingerprint density at radius 3 is 2.59 bits per heavy atom. The van der Waals surface area contributed by atoms with Crippen molar-refractivity contribution in [3.8, 4) is 11.3 Å². The molecule has 0 saturated heterocycles. The number of aromatic nitrogens is 1. The highest BCUT2D eigenvalue weighted by Crippen LogP contribution is 2.24. The fourth-order valence-electron chi connectivity index (χ4n) is 2.04. The molecule has 2 N–H and O–H groups in total. The van der Waals surface area contributed by atoms with Crippen LogP contribution < -0.4 is 5.32 Å². The largest absolute Gasteiger partial charge is 0.459 e. The van der Waals surface area contributed by atoms with Crippen molar-refractivity contribution in [1.29, 1.82) is 0 Å². The van der Waals surface area contributed by atoms with Crippen LogP contribution in [-0.2, 0) is 6.61 Å². The van der Waals surface area contributed by atoms with Gasteiger partial charge in [0.05, 0.1) is 5.56 Å². The first kappa shape index (κ1) is 14.0. The lowest BCUT2D eigenvalue weighted by atomic mass is 10.1. The van der Waals surface area contributed by atoms with Gasteiger partial charge in [0.2, 0.25) is 0 Å². The minimum Gasteiger partial charge on any atom is -0.459 e. The average Bonchev–Trinajstić information content (AvgIpc) is 3.05. The molecule has 0 unspecified atom stereocenters. The predicted molar refractivity (Wildman–Crippen MR) is 82.3 cm³/mol. The molecule has 3 aromatic rings. The fourth-order valence-corrected chi connectivity index (χ4v) is 2.04. The average molecular weight is 294 g/mol. The van der Waals surface area contributed by atoms with E-state index in [1.807, 2.05) is 12.1 Å². The zero-order chi connectivity index (χ0) is 15.4. The second-order valence-electron chi connectivity index (χ2n) is 4.70. The van der Waals surface area contributed by atoms with Crippen LogP contribution in [0.4, 0.5) is 5.69 Å². The molecule has 2 heterocycles. The van der Waals surface area contributed by atoms with Gasteiger partial charge >= 0.3 is 0 Å². The van der Waals surface area contributed by atoms with E-state index in [0.29, 0.717) is 22.8 Å². The summed E-state index contributed by atoms with van der Waals surface area (Å²) in [6.07, 6.45) is 3.14. The number of aliphatic hydroxyl groups is 1. The lowest BCUT2D eigenvalue weighted by Crippen LogP contribution is -2.11. The summed E-state index contributed by atoms with van der Waals surface area (Å²) in [5.41, 5.74) is 2.07. The van der Waals surface area contributed by atoms with Gasteiger partial charge in [-0.25, -0.2) is 0 Å². The minimum atomic E-state index is -0.207. The van der Waals surface area contributed by atoms with E-state index in [-0.39, 0.29) is 12.5 Å². The van der Waals surface area contributed by atoms with Crippen LogP contribution in [0.15, 0.2) is 65.3 Å². The number of anilines is 1. The van der Waals surface area contributed by atoms with Gasteiger partial charge in [-0.15, -0.1) is 0 Å². The van der Waals surface area contributed by atoms with Gasteiger partial charge in [-0.3, -0.25) is 9.78 Å². The molecule has 0 aliphatic heterocycles. The number of nitrogens with zero attached hydrogens (tertiary/aromatic N) is 1. The Balaban J connectivity index is 1.73. The number of carbonyl (C=O) groups excluding carboxylic acids is 1. The van der Waals surface area contributed by atoms with Gasteiger partial charge in [-0.2, -0.15) is 0 Å². The van der Waals surface area contributed by atoms with Gasteiger partial charge in [0.25, 0.3) is 5.91 Å². The van der Waals surface area contributed by atoms with Crippen molar-refractivity contribution in [2.75, 3.05) is 5.32 Å². The number of hydrogen-bond donors (Lipinski definition) is 2. The normalized spacial score (nSPS) is 10.4. The van der Waals surface area contributed by atoms with Crippen LogP contribution in [0.5, 0.6) is 0 Å². The van der Waals surface area contributed by atoms with Crippen LogP contribution in [0.2, 0.25) is 0 Å². The molecule has 5 nitrogen and oxygen atoms in total. The van der Waals surface area contributed by atoms with Crippen molar-refractivity contribution < 1.29 is 14.3 Å². The van der Waals surface area contributed by atoms with Gasteiger partial charge in [-0.1, -0.05) is 0 Å². The molecule has 0 radical (unpaired) electrons. The maximum Gasteiger partial charge on any atom is 0.257 e. The van der Waals surface area contributed by atoms with Crippen molar-refractivity contribution in [3.63, 3.8) is 0 Å². The SMILES string of the molecule is O=C(Nc1ccc(-c2ccc(CO)o2)cc1)c1cccnc1. The van der Waals surface area contributed by atoms with Gasteiger partial charge in [0.1, 0.15) is 18.1 Å². The maximum absolute atomic E-state index is 12.0. The highest BCUT2D eigenvalue weighted by molar-refractivity contribution is 6.04. The summed E-state index contributed by atoms with van der Waals surface area (Å²) in [7, 11) is 0. The lowest BCUT2D eigenvalue weighted by molar-refractivity contribution is 0.102. The Morgan fingerprint density at radius 2 is 1.95 bits per heavy atom. The summed E-state index contributed by atoms with van der Waals surface area (Å²) >= 11 is 0. The summed E-state index contributed by atoms with van der Waals surface area (Å²) in [5, 5.41) is 11.8. The quantitative estimate of drug-likeness (QED) is 0.775. The zero-order valence-corrected chi connectivity index (χ0v) is 11.7. The zero-order valence-electron chi connectivity index (χ0n) is 11.7. The Labute approximate surface area is 127 Å². The third-order valence-corrected chi connectivity index (χ3v) is 3.17. The van der Waals surface area contributed by atoms with Crippen molar-refractivity contribution >= 4 is 11.6 Å². The van der Waals surface area contributed by atoms with E-state index < -0.39 is 0 Å². The molecule has 0 aliphatic carbocycles. The first-order valence-electron chi connectivity index (χ1n) is 6.77. The highest BCUT2D eigenvalue weighted by atomic mass is 16.4. The number of hydrogen-bond acceptors (Lipinski definition) is 4. The van der Waals surface area contributed by atoms with E-state index in [1.54, 1.807) is 42.6 Å². The molecule has 3 rings (SSSR count). The summed E-state index contributed by atoms with van der Waals surface area (Å²) in [4.78, 5) is 15.9. The topological polar surface area (TPSA) is 75.4 Å². The van der Waals surface area contributed by atoms with E-state index in [4.69, 9.17) is 9.52 Å². The van der Waals surface area contributed by atoms with Crippen LogP contribution in [0.3, 0.4) is 0 Å². The van der Waals surface area contributed by atoms with Crippen molar-refractivity contribution in [2.24, 2.45) is 0 Å². The monoisotopic (exact) mass is 294 g/mol. The van der Waals surface area contributed by atoms with E-state index in [9.17, 15) is 4.79 Å². The Morgan fingerprint density at radius 1 is 1.14 bits per heavy atom. The second-order valence-corrected chi connectivity index (χ2v) is 4.70. The Hall–Kier alpha value is -2.92. The number of pyridine rings is 1. The predicted octanol–water partition coefficient (Wildman–Crippen LogP) is 3.09. The molecule has 0 aliphatic rings. The van der Waals surface area contributed by atoms with E-state index >= 15 is 0 Å². The van der Waals surface area contributed by atoms with Crippen molar-refractivity contribution in [3.05, 3.63) is 72.2 Å². The third kappa shape index (κ3) is 3.05. The minimum absolute atomic E-state index is 0.126. The van der Waals surface area contributed by atoms with Crippen LogP contribution in [-0.4, -0.2) is 16.0 Å². The molecule has 1 aromatic carbocycles. The molecule has 0 bridgehead atoms. The molecule has 2 aromatic heterocycles. The second kappa shape index (κ2) is 6.24. The molecule has 0 saturated carbocycles. The van der Waals surface area contributed by atoms with E-state index in [0.717, 1.165) is 5.56 Å². The fraction of sp³-hybridized carbons (Fsp3) is 0.0588. The molecular formula is C17H14N2O3. The van der Waals surface area contributed by atoms with Crippen LogP contribution in [0.1, 0.15) is 16.1 Å². The number of amides is 1. The standard InChI is InChI=1S/C17H14N2O3/c20-11-15-7-8-16(22-15)12-3-5-14(6-4-12)19-17(21)13-2-1-9-18-10-13/h1-10,20H,11H2,(H,19,21). The number of nitrogens with one attached hydrogen (secondary N) is 1. The Kier molecular flexibility index (Phi) is 3.98. The van der Waals surface area contributed by atoms with Gasteiger partial charge in [-0.05, 0) is 48.5 Å². The highest BCUT2D eigenvalue weighted by Gasteiger charge is 2.07. The summed E-state index contributed by atoms with van der Waals surface area (Å²) < 4.78 is 5.46. The van der Waals surface area contributed by atoms with Gasteiger partial charge in [0.15, 0.2) is 0 Å². The molecular weight excluding hydrogens is 280 g/mol. The third-order valence-electron chi connectivity index (χ3n) is 3.17. The molecule has 0 fully saturated rings. The number of aliphatic hydroxyl groups excluding tert-OH is 1. The van der Waals surface area contributed by atoms with Crippen molar-refractivity contribution in [2.45, 2.75) is 6.61 Å². The van der Waals surface area contributed by atoms with Gasteiger partial charge in [0, 0.05) is 23.6 Å². The van der Waals surface area contributed by atoms with Crippen LogP contribution in [0.25, 0.3) is 11.3 Å². The molecule has 110 valence electrons. The van der Waals surface area contributed by atoms with Crippen LogP contribution >= 0.6 is 0 Å². The number of furan rings is 1.